The predicted molar refractivity (Wildman–Crippen MR) is 221 cm³/mol. The van der Waals surface area contributed by atoms with Crippen LogP contribution in [-0.2, 0) is 32.7 Å². The van der Waals surface area contributed by atoms with Crippen molar-refractivity contribution < 1.29 is 42.1 Å². The molecular weight excluding hydrogens is 701 g/mol. The summed E-state index contributed by atoms with van der Waals surface area (Å²) in [6.45, 7) is 3.80. The molecule has 2 unspecified atom stereocenters. The van der Waals surface area contributed by atoms with Crippen molar-refractivity contribution in [3.05, 3.63) is 109 Å². The van der Waals surface area contributed by atoms with Crippen LogP contribution in [0, 0.1) is 0 Å². The Morgan fingerprint density at radius 2 is 1.11 bits per heavy atom. The van der Waals surface area contributed by atoms with Gasteiger partial charge in [0.25, 0.3) is 7.82 Å². The number of ether oxygens (including phenoxy) is 2. The summed E-state index contributed by atoms with van der Waals surface area (Å²) in [6, 6.07) is 0. The zero-order valence-electron chi connectivity index (χ0n) is 33.9. The number of likely N-dealkylation sites (N-methyl/N-ethyl adjacent to an activating group) is 1. The van der Waals surface area contributed by atoms with E-state index in [0.29, 0.717) is 23.9 Å². The van der Waals surface area contributed by atoms with E-state index in [0.717, 1.165) is 64.2 Å². The van der Waals surface area contributed by atoms with Gasteiger partial charge in [0.1, 0.15) is 19.8 Å². The lowest BCUT2D eigenvalue weighted by atomic mass is 10.1. The highest BCUT2D eigenvalue weighted by atomic mass is 31.2. The van der Waals surface area contributed by atoms with Crippen molar-refractivity contribution in [3.8, 4) is 0 Å². The van der Waals surface area contributed by atoms with Crippen LogP contribution >= 0.6 is 7.82 Å². The van der Waals surface area contributed by atoms with E-state index in [-0.39, 0.29) is 26.1 Å². The second-order valence-electron chi connectivity index (χ2n) is 13.6. The van der Waals surface area contributed by atoms with E-state index >= 15 is 0 Å². The summed E-state index contributed by atoms with van der Waals surface area (Å²) in [4.78, 5) is 37.4. The Bertz CT molecular complexity index is 1280. The maximum atomic E-state index is 12.6. The third-order valence-corrected chi connectivity index (χ3v) is 8.35. The Morgan fingerprint density at radius 1 is 0.593 bits per heavy atom. The molecule has 0 saturated heterocycles. The molecule has 0 aromatic rings. The summed E-state index contributed by atoms with van der Waals surface area (Å²) >= 11 is 0. The number of hydrogen-bond donors (Lipinski definition) is 0. The number of unbranched alkanes of at least 4 members (excludes halogenated alkanes) is 4. The second kappa shape index (κ2) is 35.4. The van der Waals surface area contributed by atoms with Gasteiger partial charge in [0, 0.05) is 12.8 Å². The van der Waals surface area contributed by atoms with Crippen LogP contribution in [0.25, 0.3) is 0 Å². The van der Waals surface area contributed by atoms with Gasteiger partial charge in [-0.25, -0.2) is 0 Å². The maximum absolute atomic E-state index is 12.6. The third-order valence-electron chi connectivity index (χ3n) is 7.38. The number of allylic oxidation sites excluding steroid dienone is 18. The molecule has 304 valence electrons. The second-order valence-corrected chi connectivity index (χ2v) is 15.0. The van der Waals surface area contributed by atoms with Gasteiger partial charge in [0.05, 0.1) is 27.7 Å². The molecular formula is C44H70NO8P. The molecule has 9 nitrogen and oxygen atoms in total. The van der Waals surface area contributed by atoms with Gasteiger partial charge in [-0.05, 0) is 70.6 Å². The van der Waals surface area contributed by atoms with Crippen LogP contribution in [0.1, 0.15) is 104 Å². The third kappa shape index (κ3) is 38.4. The van der Waals surface area contributed by atoms with Crippen LogP contribution in [0.15, 0.2) is 109 Å². The molecule has 54 heavy (non-hydrogen) atoms. The summed E-state index contributed by atoms with van der Waals surface area (Å²) in [7, 11) is 1.08. The number of esters is 2. The molecule has 0 aliphatic heterocycles. The average molecular weight is 772 g/mol. The standard InChI is InChI=1S/C44H70NO8P/c1-6-8-10-12-14-16-18-20-21-22-23-25-26-28-30-32-34-36-43(46)50-40-42(41-52-54(48,49)51-39-38-45(3,4)5)53-44(47)37-35-33-31-29-27-24-19-17-15-13-11-9-7-2/h8-11,13-17,19-21,23-25,27-28,30,42H,6-7,12,18,22,26,29,31-41H2,1-5H3/b10-8+,11-9+,15-13+,16-14+,19-17+,21-20+,25-23+,27-24+,30-28+. The van der Waals surface area contributed by atoms with Gasteiger partial charge >= 0.3 is 11.9 Å². The van der Waals surface area contributed by atoms with E-state index in [1.807, 2.05) is 63.7 Å². The van der Waals surface area contributed by atoms with E-state index in [4.69, 9.17) is 18.5 Å². The quantitative estimate of drug-likeness (QED) is 0.0162. The summed E-state index contributed by atoms with van der Waals surface area (Å²) < 4.78 is 33.7. The van der Waals surface area contributed by atoms with Crippen LogP contribution < -0.4 is 4.89 Å². The molecule has 0 aromatic heterocycles. The van der Waals surface area contributed by atoms with E-state index in [1.54, 1.807) is 0 Å². The largest absolute Gasteiger partial charge is 0.756 e. The highest BCUT2D eigenvalue weighted by Crippen LogP contribution is 2.38. The zero-order valence-corrected chi connectivity index (χ0v) is 34.8. The van der Waals surface area contributed by atoms with Crippen LogP contribution in [0.3, 0.4) is 0 Å². The van der Waals surface area contributed by atoms with Crippen molar-refractivity contribution in [1.82, 2.24) is 0 Å². The van der Waals surface area contributed by atoms with E-state index < -0.39 is 32.5 Å². The molecule has 0 bridgehead atoms. The van der Waals surface area contributed by atoms with Gasteiger partial charge in [0.2, 0.25) is 0 Å². The van der Waals surface area contributed by atoms with Crippen molar-refractivity contribution in [3.63, 3.8) is 0 Å². The summed E-state index contributed by atoms with van der Waals surface area (Å²) in [5, 5.41) is 0. The minimum absolute atomic E-state index is 0.0548. The SMILES string of the molecule is CC/C=C/C=C/C=C/C=C/CCCCCC(=O)OC(COC(=O)CCC/C=C/C/C=C/C/C=C/C/C=C/C/C=C/CC)COP(=O)([O-])OCC[N+](C)(C)C. The Labute approximate surface area is 327 Å². The predicted octanol–water partition coefficient (Wildman–Crippen LogP) is 10.2. The molecule has 0 aliphatic rings. The Balaban J connectivity index is 4.61. The first kappa shape index (κ1) is 50.7. The highest BCUT2D eigenvalue weighted by Gasteiger charge is 2.21. The number of rotatable bonds is 33. The van der Waals surface area contributed by atoms with Gasteiger partial charge in [-0.2, -0.15) is 0 Å². The monoisotopic (exact) mass is 771 g/mol. The molecule has 0 radical (unpaired) electrons. The lowest BCUT2D eigenvalue weighted by molar-refractivity contribution is -0.870. The number of nitrogens with zero attached hydrogens (tertiary/aromatic N) is 1. The fourth-order valence-corrected chi connectivity index (χ4v) is 5.07. The molecule has 0 saturated carbocycles. The van der Waals surface area contributed by atoms with E-state index in [2.05, 4.69) is 80.7 Å². The van der Waals surface area contributed by atoms with Crippen molar-refractivity contribution in [2.75, 3.05) is 47.5 Å². The first-order chi connectivity index (χ1) is 26.0. The topological polar surface area (TPSA) is 111 Å². The summed E-state index contributed by atoms with van der Waals surface area (Å²) in [5.41, 5.74) is 0. The number of phosphoric ester groups is 1. The zero-order chi connectivity index (χ0) is 40.0. The van der Waals surface area contributed by atoms with Gasteiger partial charge in [0.15, 0.2) is 6.10 Å². The smallest absolute Gasteiger partial charge is 0.306 e. The molecule has 0 heterocycles. The lowest BCUT2D eigenvalue weighted by Gasteiger charge is -2.28. The molecule has 0 aromatic carbocycles. The van der Waals surface area contributed by atoms with Gasteiger partial charge in [-0.1, -0.05) is 130 Å². The number of quaternary nitrogens is 1. The van der Waals surface area contributed by atoms with Crippen LogP contribution in [-0.4, -0.2) is 70.0 Å². The van der Waals surface area contributed by atoms with Crippen molar-refractivity contribution >= 4 is 19.8 Å². The number of hydrogen-bond acceptors (Lipinski definition) is 8. The van der Waals surface area contributed by atoms with Crippen LogP contribution in [0.4, 0.5) is 0 Å². The Kier molecular flexibility index (Phi) is 33.2. The fraction of sp³-hybridized carbons (Fsp3) is 0.545. The highest BCUT2D eigenvalue weighted by molar-refractivity contribution is 7.45. The van der Waals surface area contributed by atoms with Crippen molar-refractivity contribution in [2.45, 2.75) is 110 Å². The molecule has 10 heteroatoms. The van der Waals surface area contributed by atoms with E-state index in [9.17, 15) is 19.0 Å². The van der Waals surface area contributed by atoms with Gasteiger partial charge < -0.3 is 27.9 Å². The fourth-order valence-electron chi connectivity index (χ4n) is 4.34. The molecule has 0 amide bonds. The van der Waals surface area contributed by atoms with Gasteiger partial charge in [-0.3, -0.25) is 14.2 Å². The number of carbonyl (C=O) groups is 2. The minimum Gasteiger partial charge on any atom is -0.756 e. The number of phosphoric acid groups is 1. The lowest BCUT2D eigenvalue weighted by Crippen LogP contribution is -2.37. The molecule has 0 N–H and O–H groups in total. The summed E-state index contributed by atoms with van der Waals surface area (Å²) in [6.07, 6.45) is 47.0. The minimum atomic E-state index is -4.65. The molecule has 0 fully saturated rings. The normalized spacial score (nSPS) is 14.9. The Morgan fingerprint density at radius 3 is 1.70 bits per heavy atom. The first-order valence-corrected chi connectivity index (χ1v) is 21.1. The van der Waals surface area contributed by atoms with Crippen LogP contribution in [0.5, 0.6) is 0 Å². The molecule has 0 spiro atoms. The molecule has 0 rings (SSSR count). The van der Waals surface area contributed by atoms with Crippen molar-refractivity contribution in [1.29, 1.82) is 0 Å². The van der Waals surface area contributed by atoms with Crippen molar-refractivity contribution in [2.24, 2.45) is 0 Å². The summed E-state index contributed by atoms with van der Waals surface area (Å²) in [5.74, 6) is -0.965. The molecule has 0 aliphatic carbocycles. The maximum Gasteiger partial charge on any atom is 0.306 e. The molecule has 2 atom stereocenters. The van der Waals surface area contributed by atoms with Crippen LogP contribution in [0.2, 0.25) is 0 Å². The average Bonchev–Trinajstić information content (AvgIpc) is 3.12. The Hall–Kier alpha value is -3.33. The number of carbonyl (C=O) groups excluding carboxylic acids is 2. The first-order valence-electron chi connectivity index (χ1n) is 19.6. The van der Waals surface area contributed by atoms with Gasteiger partial charge in [-0.15, -0.1) is 0 Å². The van der Waals surface area contributed by atoms with E-state index in [1.165, 1.54) is 0 Å².